The second kappa shape index (κ2) is 4.91. The molecule has 0 aliphatic carbocycles. The summed E-state index contributed by atoms with van der Waals surface area (Å²) in [7, 11) is 0. The summed E-state index contributed by atoms with van der Waals surface area (Å²) in [6.45, 7) is 1.58. The Bertz CT molecular complexity index is 568. The van der Waals surface area contributed by atoms with E-state index < -0.39 is 0 Å². The number of ether oxygens (including phenoxy) is 1. The Kier molecular flexibility index (Phi) is 3.11. The first kappa shape index (κ1) is 11.4. The van der Waals surface area contributed by atoms with Gasteiger partial charge in [0.25, 0.3) is 0 Å². The molecule has 0 unspecified atom stereocenters. The molecule has 2 aromatic carbocycles. The van der Waals surface area contributed by atoms with Gasteiger partial charge in [0, 0.05) is 12.2 Å². The highest BCUT2D eigenvalue weighted by Gasteiger charge is 2.10. The zero-order valence-corrected chi connectivity index (χ0v) is 10.7. The Morgan fingerprint density at radius 2 is 2.06 bits per heavy atom. The Morgan fingerprint density at radius 3 is 2.94 bits per heavy atom. The van der Waals surface area contributed by atoms with Gasteiger partial charge >= 0.3 is 0 Å². The van der Waals surface area contributed by atoms with Crippen LogP contribution in [0.3, 0.4) is 0 Å². The van der Waals surface area contributed by atoms with Gasteiger partial charge < -0.3 is 10.1 Å². The molecular formula is C15H14ClNO. The molecule has 0 saturated heterocycles. The van der Waals surface area contributed by atoms with Crippen LogP contribution in [-0.4, -0.2) is 6.54 Å². The monoisotopic (exact) mass is 259 g/mol. The van der Waals surface area contributed by atoms with E-state index in [0.29, 0.717) is 11.6 Å². The molecule has 0 aromatic heterocycles. The summed E-state index contributed by atoms with van der Waals surface area (Å²) in [6.07, 6.45) is 1.09. The SMILES string of the molecule is Clc1ccccc1OCc1ccc2c(c1)CCN2. The average Bonchev–Trinajstić information content (AvgIpc) is 2.85. The molecule has 0 atom stereocenters. The van der Waals surface area contributed by atoms with Crippen LogP contribution < -0.4 is 10.1 Å². The van der Waals surface area contributed by atoms with E-state index in [1.165, 1.54) is 16.8 Å². The predicted molar refractivity (Wildman–Crippen MR) is 74.4 cm³/mol. The molecule has 1 heterocycles. The fourth-order valence-corrected chi connectivity index (χ4v) is 2.36. The fourth-order valence-electron chi connectivity index (χ4n) is 2.17. The van der Waals surface area contributed by atoms with Gasteiger partial charge in [-0.25, -0.2) is 0 Å². The third-order valence-corrected chi connectivity index (χ3v) is 3.42. The molecule has 2 aromatic rings. The number of hydrogen-bond donors (Lipinski definition) is 1. The predicted octanol–water partition coefficient (Wildman–Crippen LogP) is 3.89. The van der Waals surface area contributed by atoms with Crippen LogP contribution in [0.5, 0.6) is 5.75 Å². The lowest BCUT2D eigenvalue weighted by atomic mass is 10.1. The average molecular weight is 260 g/mol. The van der Waals surface area contributed by atoms with Crippen molar-refractivity contribution < 1.29 is 4.74 Å². The molecule has 1 N–H and O–H groups in total. The molecule has 0 fully saturated rings. The van der Waals surface area contributed by atoms with Crippen LogP contribution in [-0.2, 0) is 13.0 Å². The maximum Gasteiger partial charge on any atom is 0.138 e. The molecule has 2 nitrogen and oxygen atoms in total. The Balaban J connectivity index is 1.72. The van der Waals surface area contributed by atoms with Crippen molar-refractivity contribution in [3.8, 4) is 5.75 Å². The van der Waals surface area contributed by atoms with Gasteiger partial charge in [0.1, 0.15) is 12.4 Å². The highest BCUT2D eigenvalue weighted by atomic mass is 35.5. The number of benzene rings is 2. The van der Waals surface area contributed by atoms with Gasteiger partial charge in [-0.15, -0.1) is 0 Å². The van der Waals surface area contributed by atoms with Crippen molar-refractivity contribution in [2.24, 2.45) is 0 Å². The summed E-state index contributed by atoms with van der Waals surface area (Å²) in [4.78, 5) is 0. The van der Waals surface area contributed by atoms with E-state index in [9.17, 15) is 0 Å². The lowest BCUT2D eigenvalue weighted by Crippen LogP contribution is -1.96. The Morgan fingerprint density at radius 1 is 1.17 bits per heavy atom. The highest BCUT2D eigenvalue weighted by Crippen LogP contribution is 2.26. The minimum Gasteiger partial charge on any atom is -0.487 e. The minimum atomic E-state index is 0.553. The zero-order chi connectivity index (χ0) is 12.4. The van der Waals surface area contributed by atoms with Crippen LogP contribution in [0.2, 0.25) is 5.02 Å². The van der Waals surface area contributed by atoms with Crippen LogP contribution in [0.4, 0.5) is 5.69 Å². The molecule has 0 saturated carbocycles. The number of rotatable bonds is 3. The number of fused-ring (bicyclic) bond motifs is 1. The standard InChI is InChI=1S/C15H14ClNO/c16-13-3-1-2-4-15(13)18-10-11-5-6-14-12(9-11)7-8-17-14/h1-6,9,17H,7-8,10H2. The number of nitrogens with one attached hydrogen (secondary N) is 1. The van der Waals surface area contributed by atoms with Gasteiger partial charge in [-0.05, 0) is 35.7 Å². The van der Waals surface area contributed by atoms with E-state index in [2.05, 4.69) is 23.5 Å². The Hall–Kier alpha value is -1.67. The lowest BCUT2D eigenvalue weighted by Gasteiger charge is -2.09. The third-order valence-electron chi connectivity index (χ3n) is 3.11. The van der Waals surface area contributed by atoms with Crippen molar-refractivity contribution in [3.05, 3.63) is 58.6 Å². The quantitative estimate of drug-likeness (QED) is 0.903. The van der Waals surface area contributed by atoms with E-state index in [-0.39, 0.29) is 0 Å². The summed E-state index contributed by atoms with van der Waals surface area (Å²) >= 11 is 6.05. The molecular weight excluding hydrogens is 246 g/mol. The first-order valence-corrected chi connectivity index (χ1v) is 6.44. The van der Waals surface area contributed by atoms with Gasteiger partial charge in [0.2, 0.25) is 0 Å². The van der Waals surface area contributed by atoms with Crippen molar-refractivity contribution >= 4 is 17.3 Å². The van der Waals surface area contributed by atoms with Crippen molar-refractivity contribution in [1.29, 1.82) is 0 Å². The summed E-state index contributed by atoms with van der Waals surface area (Å²) in [5, 5.41) is 4.00. The van der Waals surface area contributed by atoms with Crippen LogP contribution in [0.1, 0.15) is 11.1 Å². The molecule has 3 rings (SSSR count). The molecule has 3 heteroatoms. The normalized spacial score (nSPS) is 12.9. The van der Waals surface area contributed by atoms with E-state index in [1.807, 2.05) is 24.3 Å². The number of halogens is 1. The molecule has 0 spiro atoms. The maximum atomic E-state index is 6.05. The second-order valence-corrected chi connectivity index (χ2v) is 4.79. The molecule has 0 bridgehead atoms. The first-order valence-electron chi connectivity index (χ1n) is 6.06. The van der Waals surface area contributed by atoms with Crippen molar-refractivity contribution in [2.45, 2.75) is 13.0 Å². The van der Waals surface area contributed by atoms with Gasteiger partial charge in [-0.2, -0.15) is 0 Å². The maximum absolute atomic E-state index is 6.05. The van der Waals surface area contributed by atoms with E-state index in [1.54, 1.807) is 0 Å². The number of para-hydroxylation sites is 1. The largest absolute Gasteiger partial charge is 0.487 e. The number of anilines is 1. The second-order valence-electron chi connectivity index (χ2n) is 4.39. The summed E-state index contributed by atoms with van der Waals surface area (Å²) in [5.41, 5.74) is 3.80. The lowest BCUT2D eigenvalue weighted by molar-refractivity contribution is 0.306. The molecule has 0 amide bonds. The van der Waals surface area contributed by atoms with E-state index in [4.69, 9.17) is 16.3 Å². The molecule has 1 aliphatic heterocycles. The van der Waals surface area contributed by atoms with E-state index in [0.717, 1.165) is 18.7 Å². The van der Waals surface area contributed by atoms with Crippen molar-refractivity contribution in [1.82, 2.24) is 0 Å². The van der Waals surface area contributed by atoms with Crippen LogP contribution in [0.25, 0.3) is 0 Å². The van der Waals surface area contributed by atoms with Crippen LogP contribution >= 0.6 is 11.6 Å². The minimum absolute atomic E-state index is 0.553. The smallest absolute Gasteiger partial charge is 0.138 e. The fraction of sp³-hybridized carbons (Fsp3) is 0.200. The highest BCUT2D eigenvalue weighted by molar-refractivity contribution is 6.32. The summed E-state index contributed by atoms with van der Waals surface area (Å²) in [5.74, 6) is 0.734. The summed E-state index contributed by atoms with van der Waals surface area (Å²) < 4.78 is 5.73. The van der Waals surface area contributed by atoms with Gasteiger partial charge in [0.05, 0.1) is 5.02 Å². The third kappa shape index (κ3) is 2.29. The summed E-state index contributed by atoms with van der Waals surface area (Å²) in [6, 6.07) is 14.0. The zero-order valence-electron chi connectivity index (χ0n) is 9.95. The topological polar surface area (TPSA) is 21.3 Å². The van der Waals surface area contributed by atoms with Crippen molar-refractivity contribution in [3.63, 3.8) is 0 Å². The van der Waals surface area contributed by atoms with Crippen molar-refractivity contribution in [2.75, 3.05) is 11.9 Å². The number of hydrogen-bond acceptors (Lipinski definition) is 2. The van der Waals surface area contributed by atoms with E-state index >= 15 is 0 Å². The molecule has 18 heavy (non-hydrogen) atoms. The Labute approximate surface area is 112 Å². The molecule has 0 radical (unpaired) electrons. The van der Waals surface area contributed by atoms with Gasteiger partial charge in [0.15, 0.2) is 0 Å². The van der Waals surface area contributed by atoms with Crippen LogP contribution in [0.15, 0.2) is 42.5 Å². The first-order chi connectivity index (χ1) is 8.83. The van der Waals surface area contributed by atoms with Gasteiger partial charge in [-0.3, -0.25) is 0 Å². The molecule has 1 aliphatic rings. The molecule has 92 valence electrons. The van der Waals surface area contributed by atoms with Crippen LogP contribution in [0, 0.1) is 0 Å². The van der Waals surface area contributed by atoms with Gasteiger partial charge in [-0.1, -0.05) is 35.9 Å².